The van der Waals surface area contributed by atoms with E-state index in [-0.39, 0.29) is 17.8 Å². The minimum absolute atomic E-state index is 0.229. The van der Waals surface area contributed by atoms with Crippen LogP contribution in [0.3, 0.4) is 0 Å². The zero-order valence-corrected chi connectivity index (χ0v) is 16.1. The summed E-state index contributed by atoms with van der Waals surface area (Å²) in [5.74, 6) is -0.464. The van der Waals surface area contributed by atoms with Crippen molar-refractivity contribution in [3.8, 4) is 5.88 Å². The zero-order chi connectivity index (χ0) is 20.5. The number of hydrogen-bond acceptors (Lipinski definition) is 5. The first kappa shape index (κ1) is 19.0. The zero-order valence-electron chi connectivity index (χ0n) is 16.1. The second-order valence-corrected chi connectivity index (χ2v) is 6.82. The fourth-order valence-electron chi connectivity index (χ4n) is 3.63. The van der Waals surface area contributed by atoms with Gasteiger partial charge in [-0.25, -0.2) is 9.37 Å². The molecule has 0 radical (unpaired) electrons. The summed E-state index contributed by atoms with van der Waals surface area (Å²) in [4.78, 5) is 20.4. The second-order valence-electron chi connectivity index (χ2n) is 6.82. The van der Waals surface area contributed by atoms with Gasteiger partial charge in [0.2, 0.25) is 17.6 Å². The molecular formula is C21H20F2N4O2. The largest absolute Gasteiger partial charge is 0.478 e. The molecule has 3 heterocycles. The maximum atomic E-state index is 14.5. The fraction of sp³-hybridized carbons (Fsp3) is 0.286. The van der Waals surface area contributed by atoms with E-state index in [0.29, 0.717) is 42.4 Å². The Bertz CT molecular complexity index is 1110. The van der Waals surface area contributed by atoms with Crippen LogP contribution >= 0.6 is 0 Å². The Morgan fingerprint density at radius 2 is 1.93 bits per heavy atom. The van der Waals surface area contributed by atoms with Crippen molar-refractivity contribution < 1.29 is 13.5 Å². The third kappa shape index (κ3) is 3.57. The molecular weight excluding hydrogens is 378 g/mol. The van der Waals surface area contributed by atoms with E-state index in [1.165, 1.54) is 12.1 Å². The fourth-order valence-corrected chi connectivity index (χ4v) is 3.63. The summed E-state index contributed by atoms with van der Waals surface area (Å²) in [5, 5.41) is 3.11. The van der Waals surface area contributed by atoms with Crippen LogP contribution in [0.25, 0.3) is 0 Å². The maximum Gasteiger partial charge on any atom is 0.310 e. The molecule has 4 rings (SSSR count). The van der Waals surface area contributed by atoms with Gasteiger partial charge in [-0.05, 0) is 50.5 Å². The topological polar surface area (TPSA) is 69.0 Å². The van der Waals surface area contributed by atoms with Crippen molar-refractivity contribution in [2.75, 3.05) is 11.9 Å². The van der Waals surface area contributed by atoms with Crippen LogP contribution in [-0.4, -0.2) is 21.1 Å². The standard InChI is InChI=1S/C21H20F2N4O2/c1-3-29-18-11-8-15(12(2)24-18)25-21-26-20(28)19(23)17-10-9-16(27(17)21)13-4-6-14(22)7-5-13/h4-8,11,16H,3,9-10H2,1-2H3,(H,25,26,28). The molecule has 6 nitrogen and oxygen atoms in total. The number of nitrogens with one attached hydrogen (secondary N) is 1. The Hall–Kier alpha value is -3.29. The predicted octanol–water partition coefficient (Wildman–Crippen LogP) is 3.90. The molecule has 1 aliphatic rings. The Balaban J connectivity index is 1.77. The highest BCUT2D eigenvalue weighted by atomic mass is 19.1. The lowest BCUT2D eigenvalue weighted by molar-refractivity contribution is 0.326. The van der Waals surface area contributed by atoms with Crippen LogP contribution in [0.15, 0.2) is 41.2 Å². The third-order valence-corrected chi connectivity index (χ3v) is 4.99. The summed E-state index contributed by atoms with van der Waals surface area (Å²) in [7, 11) is 0. The first-order valence-corrected chi connectivity index (χ1v) is 9.41. The molecule has 1 aliphatic heterocycles. The van der Waals surface area contributed by atoms with Crippen molar-refractivity contribution in [3.63, 3.8) is 0 Å². The van der Waals surface area contributed by atoms with Crippen LogP contribution in [0.5, 0.6) is 5.88 Å². The lowest BCUT2D eigenvalue weighted by Gasteiger charge is -2.21. The number of anilines is 2. The molecule has 0 spiro atoms. The molecule has 3 aromatic rings. The Morgan fingerprint density at radius 3 is 2.62 bits per heavy atom. The highest BCUT2D eigenvalue weighted by molar-refractivity contribution is 5.58. The number of rotatable bonds is 5. The minimum Gasteiger partial charge on any atom is -0.478 e. The monoisotopic (exact) mass is 398 g/mol. The van der Waals surface area contributed by atoms with Crippen LogP contribution in [0, 0.1) is 18.6 Å². The quantitative estimate of drug-likeness (QED) is 0.706. The lowest BCUT2D eigenvalue weighted by atomic mass is 10.0. The van der Waals surface area contributed by atoms with E-state index in [2.05, 4.69) is 15.3 Å². The normalized spacial score (nSPS) is 15.2. The van der Waals surface area contributed by atoms with Gasteiger partial charge in [0.25, 0.3) is 0 Å². The number of ether oxygens (including phenoxy) is 1. The van der Waals surface area contributed by atoms with E-state index < -0.39 is 11.4 Å². The van der Waals surface area contributed by atoms with Crippen molar-refractivity contribution >= 4 is 11.6 Å². The van der Waals surface area contributed by atoms with Gasteiger partial charge in [-0.1, -0.05) is 12.1 Å². The molecule has 8 heteroatoms. The van der Waals surface area contributed by atoms with Crippen molar-refractivity contribution in [2.24, 2.45) is 0 Å². The van der Waals surface area contributed by atoms with Crippen molar-refractivity contribution in [1.29, 1.82) is 0 Å². The van der Waals surface area contributed by atoms with Crippen LogP contribution in [-0.2, 0) is 6.42 Å². The molecule has 1 aromatic carbocycles. The van der Waals surface area contributed by atoms with Crippen molar-refractivity contribution in [3.05, 3.63) is 75.3 Å². The number of hydrogen-bond donors (Lipinski definition) is 1. The Morgan fingerprint density at radius 1 is 1.17 bits per heavy atom. The van der Waals surface area contributed by atoms with Gasteiger partial charge in [0.1, 0.15) is 5.82 Å². The SMILES string of the molecule is CCOc1ccc(Nc2nc(=O)c(F)c3n2C(c2ccc(F)cc2)CC3)c(C)n1. The first-order chi connectivity index (χ1) is 14.0. The predicted molar refractivity (Wildman–Crippen MR) is 105 cm³/mol. The molecule has 0 saturated carbocycles. The number of aryl methyl sites for hydroxylation is 1. The maximum absolute atomic E-state index is 14.5. The van der Waals surface area contributed by atoms with Crippen molar-refractivity contribution in [1.82, 2.24) is 14.5 Å². The molecule has 0 saturated heterocycles. The number of pyridine rings is 1. The molecule has 29 heavy (non-hydrogen) atoms. The van der Waals surface area contributed by atoms with Crippen LogP contribution in [0.4, 0.5) is 20.4 Å². The molecule has 0 bridgehead atoms. The summed E-state index contributed by atoms with van der Waals surface area (Å²) in [6.45, 7) is 4.17. The van der Waals surface area contributed by atoms with Gasteiger partial charge in [-0.2, -0.15) is 9.37 Å². The molecule has 1 atom stereocenters. The van der Waals surface area contributed by atoms with Gasteiger partial charge in [-0.15, -0.1) is 0 Å². The van der Waals surface area contributed by atoms with Crippen LogP contribution < -0.4 is 15.6 Å². The van der Waals surface area contributed by atoms with Gasteiger partial charge < -0.3 is 14.6 Å². The molecule has 1 unspecified atom stereocenters. The summed E-state index contributed by atoms with van der Waals surface area (Å²) in [6.07, 6.45) is 0.976. The first-order valence-electron chi connectivity index (χ1n) is 9.41. The smallest absolute Gasteiger partial charge is 0.310 e. The number of aromatic nitrogens is 3. The van der Waals surface area contributed by atoms with E-state index in [1.54, 1.807) is 35.8 Å². The highest BCUT2D eigenvalue weighted by Crippen LogP contribution is 2.35. The summed E-state index contributed by atoms with van der Waals surface area (Å²) >= 11 is 0. The summed E-state index contributed by atoms with van der Waals surface area (Å²) in [6, 6.07) is 9.30. The number of benzene rings is 1. The Kier molecular flexibility index (Phi) is 5.00. The third-order valence-electron chi connectivity index (χ3n) is 4.99. The highest BCUT2D eigenvalue weighted by Gasteiger charge is 2.30. The number of fused-ring (bicyclic) bond motifs is 1. The van der Waals surface area contributed by atoms with Crippen LogP contribution in [0.2, 0.25) is 0 Å². The van der Waals surface area contributed by atoms with E-state index in [4.69, 9.17) is 4.74 Å². The average molecular weight is 398 g/mol. The van der Waals surface area contributed by atoms with Gasteiger partial charge in [0, 0.05) is 6.07 Å². The number of nitrogens with zero attached hydrogens (tertiary/aromatic N) is 3. The molecule has 150 valence electrons. The lowest BCUT2D eigenvalue weighted by Crippen LogP contribution is -2.23. The minimum atomic E-state index is -0.907. The van der Waals surface area contributed by atoms with Gasteiger partial charge >= 0.3 is 5.56 Å². The second kappa shape index (κ2) is 7.62. The van der Waals surface area contributed by atoms with Crippen LogP contribution in [0.1, 0.15) is 36.3 Å². The average Bonchev–Trinajstić information content (AvgIpc) is 3.14. The molecule has 0 aliphatic carbocycles. The van der Waals surface area contributed by atoms with Gasteiger partial charge in [-0.3, -0.25) is 4.79 Å². The van der Waals surface area contributed by atoms with E-state index >= 15 is 0 Å². The molecule has 2 aromatic heterocycles. The Labute approximate surface area is 166 Å². The molecule has 0 fully saturated rings. The van der Waals surface area contributed by atoms with Gasteiger partial charge in [0.05, 0.1) is 29.7 Å². The van der Waals surface area contributed by atoms with Gasteiger partial charge in [0.15, 0.2) is 0 Å². The number of halogens is 2. The summed E-state index contributed by atoms with van der Waals surface area (Å²) in [5.41, 5.74) is 1.49. The molecule has 1 N–H and O–H groups in total. The van der Waals surface area contributed by atoms with E-state index in [1.807, 2.05) is 6.92 Å². The van der Waals surface area contributed by atoms with Crippen molar-refractivity contribution in [2.45, 2.75) is 32.7 Å². The van der Waals surface area contributed by atoms with E-state index in [9.17, 15) is 13.6 Å². The summed E-state index contributed by atoms with van der Waals surface area (Å²) < 4.78 is 34.9. The molecule has 0 amide bonds. The van der Waals surface area contributed by atoms with E-state index in [0.717, 1.165) is 5.56 Å².